The normalized spacial score (nSPS) is 20.1. The van der Waals surface area contributed by atoms with Crippen LogP contribution in [-0.4, -0.2) is 66.3 Å². The van der Waals surface area contributed by atoms with Gasteiger partial charge in [0.05, 0.1) is 29.5 Å². The molecule has 1 aromatic carbocycles. The number of amides is 1. The minimum absolute atomic E-state index is 0.0221. The maximum Gasteiger partial charge on any atom is 0.407 e. The van der Waals surface area contributed by atoms with E-state index in [0.29, 0.717) is 18.2 Å². The number of aromatic nitrogens is 1. The topological polar surface area (TPSA) is 86.1 Å². The van der Waals surface area contributed by atoms with Crippen molar-refractivity contribution < 1.29 is 19.4 Å². The first-order chi connectivity index (χ1) is 18.4. The van der Waals surface area contributed by atoms with E-state index in [-0.39, 0.29) is 23.7 Å². The fourth-order valence-electron chi connectivity index (χ4n) is 5.62. The summed E-state index contributed by atoms with van der Waals surface area (Å²) < 4.78 is 7.53. The van der Waals surface area contributed by atoms with Gasteiger partial charge in [-0.2, -0.15) is 0 Å². The van der Waals surface area contributed by atoms with Crippen LogP contribution in [0.25, 0.3) is 21.3 Å². The maximum atomic E-state index is 12.3. The van der Waals surface area contributed by atoms with Crippen LogP contribution < -0.4 is 4.90 Å². The number of hydrogen-bond donors (Lipinski definition) is 2. The molecular formula is C29H38ClN3O4SSi. The number of anilines is 1. The minimum atomic E-state index is -2.01. The number of nitrogens with zero attached hydrogens (tertiary/aromatic N) is 3. The third-order valence-electron chi connectivity index (χ3n) is 8.72. The molecule has 39 heavy (non-hydrogen) atoms. The van der Waals surface area contributed by atoms with E-state index in [0.717, 1.165) is 57.7 Å². The van der Waals surface area contributed by atoms with Crippen LogP contribution in [0.4, 0.5) is 10.5 Å². The standard InChI is InChI=1S/C29H38ClN3O4SSi/c1-29(2,3)39(4,5)37-17-21-13-20(15-33(21)28(35)36)32-10-6-7-18-11-19(30)12-24(26(18)32)23-8-9-31-25-14-22(16-34)38-27(23)25/h8-9,11-12,14,20-21,34H,6-7,10,13,15-17H2,1-5H3,(H,35,36). The minimum Gasteiger partial charge on any atom is -0.465 e. The number of halogens is 1. The Morgan fingerprint density at radius 3 is 2.72 bits per heavy atom. The molecule has 2 atom stereocenters. The van der Waals surface area contributed by atoms with E-state index in [1.54, 1.807) is 16.2 Å². The van der Waals surface area contributed by atoms with Crippen LogP contribution in [0.2, 0.25) is 23.2 Å². The Kier molecular flexibility index (Phi) is 7.76. The molecule has 10 heteroatoms. The first kappa shape index (κ1) is 28.4. The number of aliphatic hydroxyl groups excluding tert-OH is 1. The predicted octanol–water partition coefficient (Wildman–Crippen LogP) is 7.00. The Bertz CT molecular complexity index is 1390. The molecule has 2 aliphatic heterocycles. The molecule has 2 unspecified atom stereocenters. The highest BCUT2D eigenvalue weighted by atomic mass is 35.5. The highest BCUT2D eigenvalue weighted by Crippen LogP contribution is 2.45. The van der Waals surface area contributed by atoms with Gasteiger partial charge in [0.1, 0.15) is 0 Å². The van der Waals surface area contributed by atoms with Crippen molar-refractivity contribution in [2.75, 3.05) is 24.6 Å². The molecule has 3 aromatic rings. The molecule has 4 heterocycles. The lowest BCUT2D eigenvalue weighted by Crippen LogP contribution is -2.45. The van der Waals surface area contributed by atoms with Gasteiger partial charge in [0, 0.05) is 52.0 Å². The van der Waals surface area contributed by atoms with Crippen molar-refractivity contribution in [3.8, 4) is 11.1 Å². The van der Waals surface area contributed by atoms with Gasteiger partial charge >= 0.3 is 6.09 Å². The number of benzene rings is 1. The van der Waals surface area contributed by atoms with Crippen molar-refractivity contribution in [1.82, 2.24) is 9.88 Å². The van der Waals surface area contributed by atoms with Gasteiger partial charge in [-0.25, -0.2) is 4.79 Å². The molecule has 0 spiro atoms. The van der Waals surface area contributed by atoms with Crippen molar-refractivity contribution in [2.45, 2.75) is 76.9 Å². The van der Waals surface area contributed by atoms with Crippen molar-refractivity contribution in [3.05, 3.63) is 45.9 Å². The molecule has 7 nitrogen and oxygen atoms in total. The summed E-state index contributed by atoms with van der Waals surface area (Å²) in [7, 11) is -2.01. The summed E-state index contributed by atoms with van der Waals surface area (Å²) in [5.41, 5.74) is 5.27. The molecule has 1 fully saturated rings. The smallest absolute Gasteiger partial charge is 0.407 e. The Hall–Kier alpha value is -2.17. The van der Waals surface area contributed by atoms with E-state index in [1.807, 2.05) is 24.4 Å². The highest BCUT2D eigenvalue weighted by molar-refractivity contribution is 7.19. The van der Waals surface area contributed by atoms with Gasteiger partial charge in [0.2, 0.25) is 0 Å². The lowest BCUT2D eigenvalue weighted by Gasteiger charge is -2.38. The molecule has 2 N–H and O–H groups in total. The van der Waals surface area contributed by atoms with Crippen molar-refractivity contribution >= 4 is 53.3 Å². The van der Waals surface area contributed by atoms with E-state index in [9.17, 15) is 15.0 Å². The van der Waals surface area contributed by atoms with Crippen molar-refractivity contribution in [1.29, 1.82) is 0 Å². The number of carboxylic acid groups (broad SMARTS) is 1. The molecule has 0 saturated carbocycles. The van der Waals surface area contributed by atoms with Crippen LogP contribution in [0.15, 0.2) is 30.5 Å². The van der Waals surface area contributed by atoms with Crippen molar-refractivity contribution in [2.24, 2.45) is 0 Å². The summed E-state index contributed by atoms with van der Waals surface area (Å²) in [5, 5.41) is 20.6. The zero-order chi connectivity index (χ0) is 28.1. The van der Waals surface area contributed by atoms with Crippen LogP contribution in [0.1, 0.15) is 44.1 Å². The quantitative estimate of drug-likeness (QED) is 0.302. The number of fused-ring (bicyclic) bond motifs is 2. The first-order valence-corrected chi connectivity index (χ1v) is 17.7. The third kappa shape index (κ3) is 5.44. The number of rotatable bonds is 6. The van der Waals surface area contributed by atoms with Gasteiger partial charge in [0.15, 0.2) is 8.32 Å². The second kappa shape index (κ2) is 10.7. The molecule has 2 aliphatic rings. The average molecular weight is 588 g/mol. The van der Waals surface area contributed by atoms with Gasteiger partial charge in [0.25, 0.3) is 0 Å². The van der Waals surface area contributed by atoms with E-state index < -0.39 is 14.4 Å². The Morgan fingerprint density at radius 2 is 2.03 bits per heavy atom. The monoisotopic (exact) mass is 587 g/mol. The van der Waals surface area contributed by atoms with Gasteiger partial charge in [-0.1, -0.05) is 32.4 Å². The molecular weight excluding hydrogens is 550 g/mol. The number of hydrogen-bond acceptors (Lipinski definition) is 6. The third-order valence-corrected chi connectivity index (χ3v) is 14.6. The van der Waals surface area contributed by atoms with Gasteiger partial charge in [-0.15, -0.1) is 11.3 Å². The fourth-order valence-corrected chi connectivity index (χ4v) is 7.90. The number of likely N-dealkylation sites (tertiary alicyclic amines) is 1. The maximum absolute atomic E-state index is 12.3. The molecule has 210 valence electrons. The number of carbonyl (C=O) groups is 1. The first-order valence-electron chi connectivity index (χ1n) is 13.6. The highest BCUT2D eigenvalue weighted by Gasteiger charge is 2.43. The molecule has 0 aliphatic carbocycles. The van der Waals surface area contributed by atoms with Crippen LogP contribution >= 0.6 is 22.9 Å². The SMILES string of the molecule is CC(C)(C)[Si](C)(C)OCC1CC(N2CCCc3cc(Cl)cc(-c4ccnc5cc(CO)sc45)c32)CN1C(=O)O. The summed E-state index contributed by atoms with van der Waals surface area (Å²) in [5.74, 6) is 0. The van der Waals surface area contributed by atoms with E-state index in [1.165, 1.54) is 5.56 Å². The average Bonchev–Trinajstić information content (AvgIpc) is 3.50. The zero-order valence-electron chi connectivity index (χ0n) is 23.3. The largest absolute Gasteiger partial charge is 0.465 e. The van der Waals surface area contributed by atoms with Gasteiger partial charge in [-0.05, 0) is 67.2 Å². The summed E-state index contributed by atoms with van der Waals surface area (Å²) in [6.45, 7) is 12.7. The summed E-state index contributed by atoms with van der Waals surface area (Å²) in [4.78, 5) is 21.7. The number of aryl methyl sites for hydroxylation is 1. The van der Waals surface area contributed by atoms with E-state index >= 15 is 0 Å². The molecule has 2 aromatic heterocycles. The molecule has 1 saturated heterocycles. The van der Waals surface area contributed by atoms with Crippen LogP contribution in [0.3, 0.4) is 0 Å². The number of thiophene rings is 1. The van der Waals surface area contributed by atoms with Gasteiger partial charge in [-0.3, -0.25) is 4.98 Å². The number of pyridine rings is 1. The van der Waals surface area contributed by atoms with Crippen molar-refractivity contribution in [3.63, 3.8) is 0 Å². The Labute approximate surface area is 240 Å². The fraction of sp³-hybridized carbons (Fsp3) is 0.517. The van der Waals surface area contributed by atoms with E-state index in [2.05, 4.69) is 49.8 Å². The Morgan fingerprint density at radius 1 is 1.26 bits per heavy atom. The van der Waals surface area contributed by atoms with E-state index in [4.69, 9.17) is 16.0 Å². The van der Waals surface area contributed by atoms with Crippen LogP contribution in [-0.2, 0) is 17.5 Å². The van der Waals surface area contributed by atoms with Gasteiger partial charge < -0.3 is 24.4 Å². The zero-order valence-corrected chi connectivity index (χ0v) is 25.9. The molecule has 1 amide bonds. The lowest BCUT2D eigenvalue weighted by molar-refractivity contribution is 0.120. The van der Waals surface area contributed by atoms with Crippen LogP contribution in [0.5, 0.6) is 0 Å². The lowest BCUT2D eigenvalue weighted by atomic mass is 9.92. The molecule has 0 radical (unpaired) electrons. The second-order valence-corrected chi connectivity index (χ2v) is 18.6. The molecule has 0 bridgehead atoms. The number of aliphatic hydroxyl groups is 1. The summed E-state index contributed by atoms with van der Waals surface area (Å²) in [6, 6.07) is 7.90. The Balaban J connectivity index is 1.51. The molecule has 5 rings (SSSR count). The van der Waals surface area contributed by atoms with Crippen LogP contribution in [0, 0.1) is 0 Å². The summed E-state index contributed by atoms with van der Waals surface area (Å²) in [6.07, 6.45) is 3.55. The predicted molar refractivity (Wildman–Crippen MR) is 162 cm³/mol. The summed E-state index contributed by atoms with van der Waals surface area (Å²) >= 11 is 8.21. The second-order valence-electron chi connectivity index (χ2n) is 12.3.